The van der Waals surface area contributed by atoms with Crippen LogP contribution in [0.5, 0.6) is 0 Å². The lowest BCUT2D eigenvalue weighted by atomic mass is 10.0. The Morgan fingerprint density at radius 1 is 0.867 bits per heavy atom. The van der Waals surface area contributed by atoms with Crippen molar-refractivity contribution in [3.05, 3.63) is 54.7 Å². The number of halogens is 2. The Morgan fingerprint density at radius 3 is 2.47 bits per heavy atom. The predicted molar refractivity (Wildman–Crippen MR) is 131 cm³/mol. The summed E-state index contributed by atoms with van der Waals surface area (Å²) in [5.74, 6) is 0. The van der Waals surface area contributed by atoms with Crippen LogP contribution in [0.4, 0.5) is 0 Å². The Balaban J connectivity index is 0.00000109. The lowest BCUT2D eigenvalue weighted by molar-refractivity contribution is 0.643. The highest BCUT2D eigenvalue weighted by Gasteiger charge is 2.21. The third-order valence-electron chi connectivity index (χ3n) is 5.88. The van der Waals surface area contributed by atoms with Gasteiger partial charge in [0.05, 0.1) is 22.1 Å². The number of aryl methyl sites for hydroxylation is 1. The summed E-state index contributed by atoms with van der Waals surface area (Å²) in [6, 6.07) is 17.1. The fourth-order valence-electron chi connectivity index (χ4n) is 4.69. The van der Waals surface area contributed by atoms with Gasteiger partial charge in [-0.05, 0) is 31.5 Å². The highest BCUT2D eigenvalue weighted by molar-refractivity contribution is 6.34. The van der Waals surface area contributed by atoms with Crippen molar-refractivity contribution in [2.75, 3.05) is 6.54 Å². The molecule has 7 heteroatoms. The zero-order chi connectivity index (χ0) is 18.7. The Morgan fingerprint density at radius 2 is 1.63 bits per heavy atom. The fraction of sp³-hybridized carbons (Fsp3) is 0.174. The molecule has 0 aliphatic heterocycles. The van der Waals surface area contributed by atoms with Crippen molar-refractivity contribution in [2.24, 2.45) is 5.73 Å². The number of rotatable bonds is 4. The van der Waals surface area contributed by atoms with E-state index in [0.717, 1.165) is 42.5 Å². The van der Waals surface area contributed by atoms with Crippen molar-refractivity contribution in [1.29, 1.82) is 0 Å². The standard InChI is InChI=1S/C23H21N5.2ClH/c24-11-5-6-12-28-18-10-4-2-8-15(18)19-16-13-25-27-21(16)20-14-7-1-3-9-17(14)26-22(20)23(19)28;;/h1-4,7-10,13,25,27H,5-6,11-12,24H2;2*1H. The van der Waals surface area contributed by atoms with Gasteiger partial charge in [0.2, 0.25) is 0 Å². The summed E-state index contributed by atoms with van der Waals surface area (Å²) in [5.41, 5.74) is 11.5. The molecule has 0 aliphatic carbocycles. The van der Waals surface area contributed by atoms with E-state index in [2.05, 4.69) is 69.5 Å². The summed E-state index contributed by atoms with van der Waals surface area (Å²) in [4.78, 5) is 5.08. The van der Waals surface area contributed by atoms with Crippen LogP contribution in [0.2, 0.25) is 0 Å². The van der Waals surface area contributed by atoms with Gasteiger partial charge in [-0.2, -0.15) is 0 Å². The van der Waals surface area contributed by atoms with Gasteiger partial charge in [0.1, 0.15) is 0 Å². The minimum Gasteiger partial charge on any atom is -0.339 e. The van der Waals surface area contributed by atoms with Crippen LogP contribution in [0.3, 0.4) is 0 Å². The van der Waals surface area contributed by atoms with Gasteiger partial charge in [-0.1, -0.05) is 36.4 Å². The maximum atomic E-state index is 5.77. The molecule has 154 valence electrons. The topological polar surface area (TPSA) is 75.4 Å². The minimum atomic E-state index is 0. The molecule has 3 heterocycles. The first-order valence-electron chi connectivity index (χ1n) is 9.85. The summed E-state index contributed by atoms with van der Waals surface area (Å²) < 4.78 is 2.45. The second-order valence-corrected chi connectivity index (χ2v) is 7.44. The number of hydrogen-bond acceptors (Lipinski definition) is 2. The molecule has 0 amide bonds. The van der Waals surface area contributed by atoms with Gasteiger partial charge in [0, 0.05) is 45.2 Å². The van der Waals surface area contributed by atoms with Gasteiger partial charge < -0.3 is 20.5 Å². The fourth-order valence-corrected chi connectivity index (χ4v) is 4.69. The van der Waals surface area contributed by atoms with E-state index in [1.165, 1.54) is 38.0 Å². The molecule has 0 saturated heterocycles. The van der Waals surface area contributed by atoms with E-state index in [1.807, 2.05) is 0 Å². The molecule has 3 aromatic carbocycles. The molecule has 0 bridgehead atoms. The lowest BCUT2D eigenvalue weighted by Crippen LogP contribution is -2.03. The van der Waals surface area contributed by atoms with Gasteiger partial charge in [-0.15, -0.1) is 24.8 Å². The Labute approximate surface area is 185 Å². The molecular weight excluding hydrogens is 417 g/mol. The number of hydrogen-bond donors (Lipinski definition) is 3. The lowest BCUT2D eigenvalue weighted by Gasteiger charge is -2.08. The molecule has 0 saturated carbocycles. The second kappa shape index (κ2) is 7.84. The maximum absolute atomic E-state index is 5.77. The van der Waals surface area contributed by atoms with E-state index in [4.69, 9.17) is 10.7 Å². The first-order chi connectivity index (χ1) is 13.9. The van der Waals surface area contributed by atoms with Crippen LogP contribution in [-0.2, 0) is 6.54 Å². The first-order valence-corrected chi connectivity index (χ1v) is 9.85. The summed E-state index contributed by atoms with van der Waals surface area (Å²) in [6.45, 7) is 1.67. The van der Waals surface area contributed by atoms with Crippen LogP contribution < -0.4 is 5.73 Å². The zero-order valence-corrected chi connectivity index (χ0v) is 17.9. The third kappa shape index (κ3) is 2.70. The predicted octanol–water partition coefficient (Wildman–Crippen LogP) is 5.89. The molecule has 30 heavy (non-hydrogen) atoms. The van der Waals surface area contributed by atoms with Crippen molar-refractivity contribution in [3.8, 4) is 0 Å². The summed E-state index contributed by atoms with van der Waals surface area (Å²) in [7, 11) is 0. The number of aromatic amines is 2. The highest BCUT2D eigenvalue weighted by atomic mass is 35.5. The van der Waals surface area contributed by atoms with Crippen molar-refractivity contribution in [2.45, 2.75) is 19.4 Å². The quantitative estimate of drug-likeness (QED) is 0.299. The molecular formula is C23H23Cl2N5. The van der Waals surface area contributed by atoms with Crippen molar-refractivity contribution in [1.82, 2.24) is 19.7 Å². The maximum Gasteiger partial charge on any atom is 0.0981 e. The Kier molecular flexibility index (Phi) is 5.36. The molecule has 3 aromatic heterocycles. The Bertz CT molecular complexity index is 1490. The number of fused-ring (bicyclic) bond motifs is 10. The number of para-hydroxylation sites is 2. The molecule has 6 aromatic rings. The number of aromatic nitrogens is 4. The van der Waals surface area contributed by atoms with E-state index in [0.29, 0.717) is 0 Å². The average molecular weight is 440 g/mol. The molecule has 0 aliphatic rings. The molecule has 0 spiro atoms. The van der Waals surface area contributed by atoms with Gasteiger partial charge in [0.25, 0.3) is 0 Å². The summed E-state index contributed by atoms with van der Waals surface area (Å²) in [5, 5.41) is 12.7. The van der Waals surface area contributed by atoms with Crippen LogP contribution >= 0.6 is 24.8 Å². The van der Waals surface area contributed by atoms with E-state index in [-0.39, 0.29) is 24.8 Å². The monoisotopic (exact) mass is 439 g/mol. The molecule has 0 atom stereocenters. The smallest absolute Gasteiger partial charge is 0.0981 e. The first kappa shape index (κ1) is 20.5. The van der Waals surface area contributed by atoms with Gasteiger partial charge in [0.15, 0.2) is 0 Å². The molecule has 5 nitrogen and oxygen atoms in total. The minimum absolute atomic E-state index is 0. The number of unbranched alkanes of at least 4 members (excludes halogenated alkanes) is 1. The van der Waals surface area contributed by atoms with Crippen LogP contribution in [0.25, 0.3) is 54.5 Å². The third-order valence-corrected chi connectivity index (χ3v) is 5.88. The average Bonchev–Trinajstić information content (AvgIpc) is 3.41. The van der Waals surface area contributed by atoms with Crippen LogP contribution in [0.1, 0.15) is 12.8 Å². The van der Waals surface area contributed by atoms with Crippen LogP contribution in [0.15, 0.2) is 54.7 Å². The molecule has 6 rings (SSSR count). The Hall–Kier alpha value is -2.73. The van der Waals surface area contributed by atoms with Crippen LogP contribution in [-0.4, -0.2) is 26.3 Å². The van der Waals surface area contributed by atoms with Crippen LogP contribution in [0, 0.1) is 0 Å². The normalized spacial score (nSPS) is 11.5. The van der Waals surface area contributed by atoms with E-state index in [1.54, 1.807) is 0 Å². The summed E-state index contributed by atoms with van der Waals surface area (Å²) >= 11 is 0. The van der Waals surface area contributed by atoms with Gasteiger partial charge in [-0.3, -0.25) is 0 Å². The van der Waals surface area contributed by atoms with Gasteiger partial charge >= 0.3 is 0 Å². The summed E-state index contributed by atoms with van der Waals surface area (Å²) in [6.07, 6.45) is 4.16. The van der Waals surface area contributed by atoms with E-state index >= 15 is 0 Å². The van der Waals surface area contributed by atoms with Gasteiger partial charge in [-0.25, -0.2) is 4.98 Å². The number of nitrogens with two attached hydrogens (primary N) is 1. The number of H-pyrrole nitrogens is 2. The van der Waals surface area contributed by atoms with Crippen molar-refractivity contribution < 1.29 is 0 Å². The SMILES string of the molecule is Cl.Cl.NCCCCn1c2ccccc2c2c3c[nH][nH]c3c3c4ccccc4nc3c21. The largest absolute Gasteiger partial charge is 0.339 e. The zero-order valence-electron chi connectivity index (χ0n) is 16.3. The number of benzene rings is 3. The van der Waals surface area contributed by atoms with Crippen molar-refractivity contribution in [3.63, 3.8) is 0 Å². The second-order valence-electron chi connectivity index (χ2n) is 7.44. The molecule has 4 N–H and O–H groups in total. The number of nitrogens with one attached hydrogen (secondary N) is 2. The molecule has 0 unspecified atom stereocenters. The number of nitrogens with zero attached hydrogens (tertiary/aromatic N) is 2. The van der Waals surface area contributed by atoms with E-state index in [9.17, 15) is 0 Å². The molecule has 0 fully saturated rings. The highest BCUT2D eigenvalue weighted by Crippen LogP contribution is 2.42. The van der Waals surface area contributed by atoms with Crippen molar-refractivity contribution >= 4 is 79.3 Å². The molecule has 0 radical (unpaired) electrons. The van der Waals surface area contributed by atoms with E-state index < -0.39 is 0 Å².